The van der Waals surface area contributed by atoms with Gasteiger partial charge in [0.2, 0.25) is 5.91 Å². The number of carbonyl (C=O) groups excluding carboxylic acids is 1. The largest absolute Gasteiger partial charge is 0.497 e. The Morgan fingerprint density at radius 2 is 1.86 bits per heavy atom. The first-order chi connectivity index (χ1) is 14.1. The molecule has 1 aliphatic carbocycles. The molecule has 2 heterocycles. The van der Waals surface area contributed by atoms with E-state index in [1.807, 2.05) is 12.1 Å². The summed E-state index contributed by atoms with van der Waals surface area (Å²) in [5.41, 5.74) is 0.516. The second-order valence-electron chi connectivity index (χ2n) is 7.29. The second-order valence-corrected chi connectivity index (χ2v) is 8.21. The van der Waals surface area contributed by atoms with Gasteiger partial charge >= 0.3 is 5.69 Å². The van der Waals surface area contributed by atoms with E-state index in [0.29, 0.717) is 16.0 Å². The third-order valence-electron chi connectivity index (χ3n) is 5.36. The Labute approximate surface area is 171 Å². The number of methoxy groups -OCH3 is 1. The molecule has 4 rings (SSSR count). The molecule has 0 bridgehead atoms. The number of rotatable bonds is 6. The van der Waals surface area contributed by atoms with Gasteiger partial charge in [0.15, 0.2) is 0 Å². The molecule has 0 atom stereocenters. The molecular weight excluding hydrogens is 390 g/mol. The van der Waals surface area contributed by atoms with E-state index in [-0.39, 0.29) is 30.6 Å². The maximum atomic E-state index is 13.1. The first-order valence-corrected chi connectivity index (χ1v) is 10.6. The SMILES string of the molecule is COc1ccc(Cn2c(=O)c3sccc3n(CC(=O)NC3CCCC3)c2=O)cc1. The Morgan fingerprint density at radius 1 is 1.14 bits per heavy atom. The molecule has 1 fully saturated rings. The average molecular weight is 413 g/mol. The molecule has 3 aromatic rings. The number of ether oxygens (including phenoxy) is 1. The number of thiophene rings is 1. The summed E-state index contributed by atoms with van der Waals surface area (Å²) < 4.78 is 8.23. The van der Waals surface area contributed by atoms with E-state index >= 15 is 0 Å². The molecule has 7 nitrogen and oxygen atoms in total. The van der Waals surface area contributed by atoms with E-state index in [9.17, 15) is 14.4 Å². The number of carbonyl (C=O) groups is 1. The van der Waals surface area contributed by atoms with Crippen molar-refractivity contribution in [3.05, 3.63) is 62.1 Å². The third kappa shape index (κ3) is 3.98. The highest BCUT2D eigenvalue weighted by Crippen LogP contribution is 2.18. The van der Waals surface area contributed by atoms with Gasteiger partial charge in [-0.05, 0) is 42.0 Å². The number of nitrogens with one attached hydrogen (secondary N) is 1. The Balaban J connectivity index is 1.68. The number of hydrogen-bond acceptors (Lipinski definition) is 5. The lowest BCUT2D eigenvalue weighted by Crippen LogP contribution is -2.43. The predicted octanol–water partition coefficient (Wildman–Crippen LogP) is 2.34. The molecule has 29 heavy (non-hydrogen) atoms. The molecule has 0 unspecified atom stereocenters. The second kappa shape index (κ2) is 8.24. The van der Waals surface area contributed by atoms with Crippen LogP contribution in [-0.4, -0.2) is 28.2 Å². The average Bonchev–Trinajstić information content (AvgIpc) is 3.41. The number of benzene rings is 1. The Bertz CT molecular complexity index is 1140. The molecule has 0 spiro atoms. The van der Waals surface area contributed by atoms with Crippen molar-refractivity contribution in [3.63, 3.8) is 0 Å². The zero-order chi connectivity index (χ0) is 20.4. The Morgan fingerprint density at radius 3 is 2.55 bits per heavy atom. The summed E-state index contributed by atoms with van der Waals surface area (Å²) in [5, 5.41) is 4.78. The molecule has 1 N–H and O–H groups in total. The van der Waals surface area contributed by atoms with Crippen LogP contribution in [0.25, 0.3) is 10.2 Å². The van der Waals surface area contributed by atoms with Gasteiger partial charge in [0.1, 0.15) is 17.0 Å². The minimum Gasteiger partial charge on any atom is -0.497 e. The highest BCUT2D eigenvalue weighted by atomic mass is 32.1. The molecule has 0 radical (unpaired) electrons. The van der Waals surface area contributed by atoms with Gasteiger partial charge in [-0.25, -0.2) is 4.79 Å². The van der Waals surface area contributed by atoms with Crippen LogP contribution < -0.4 is 21.3 Å². The molecule has 1 saturated carbocycles. The first kappa shape index (κ1) is 19.4. The minimum atomic E-state index is -0.474. The van der Waals surface area contributed by atoms with Crippen molar-refractivity contribution in [1.82, 2.24) is 14.5 Å². The fourth-order valence-electron chi connectivity index (χ4n) is 3.83. The van der Waals surface area contributed by atoms with Gasteiger partial charge in [-0.1, -0.05) is 25.0 Å². The zero-order valence-electron chi connectivity index (χ0n) is 16.2. The van der Waals surface area contributed by atoms with Crippen LogP contribution in [0.5, 0.6) is 5.75 Å². The quantitative estimate of drug-likeness (QED) is 0.673. The Hall–Kier alpha value is -2.87. The van der Waals surface area contributed by atoms with E-state index in [1.165, 1.54) is 20.5 Å². The van der Waals surface area contributed by atoms with Crippen molar-refractivity contribution in [1.29, 1.82) is 0 Å². The smallest absolute Gasteiger partial charge is 0.332 e. The van der Waals surface area contributed by atoms with Crippen LogP contribution >= 0.6 is 11.3 Å². The van der Waals surface area contributed by atoms with E-state index in [4.69, 9.17) is 4.74 Å². The molecule has 0 saturated heterocycles. The molecule has 0 aliphatic heterocycles. The van der Waals surface area contributed by atoms with Crippen LogP contribution in [0.3, 0.4) is 0 Å². The van der Waals surface area contributed by atoms with Crippen molar-refractivity contribution < 1.29 is 9.53 Å². The van der Waals surface area contributed by atoms with Crippen LogP contribution in [0, 0.1) is 0 Å². The molecule has 152 valence electrons. The summed E-state index contributed by atoms with van der Waals surface area (Å²) in [7, 11) is 1.58. The number of amides is 1. The monoisotopic (exact) mass is 413 g/mol. The van der Waals surface area contributed by atoms with Crippen LogP contribution in [0.2, 0.25) is 0 Å². The molecule has 1 aromatic carbocycles. The maximum Gasteiger partial charge on any atom is 0.332 e. The standard InChI is InChI=1S/C21H23N3O4S/c1-28-16-8-6-14(7-9-16)12-24-20(26)19-17(10-11-29-19)23(21(24)27)13-18(25)22-15-4-2-3-5-15/h6-11,15H,2-5,12-13H2,1H3,(H,22,25). The van der Waals surface area contributed by atoms with Crippen molar-refractivity contribution in [2.75, 3.05) is 7.11 Å². The molecule has 1 amide bonds. The summed E-state index contributed by atoms with van der Waals surface area (Å²) in [6, 6.07) is 9.13. The first-order valence-electron chi connectivity index (χ1n) is 9.70. The van der Waals surface area contributed by atoms with Crippen LogP contribution in [0.4, 0.5) is 0 Å². The number of nitrogens with zero attached hydrogens (tertiary/aromatic N) is 2. The maximum absolute atomic E-state index is 13.1. The summed E-state index contributed by atoms with van der Waals surface area (Å²) in [4.78, 5) is 38.6. The van der Waals surface area contributed by atoms with Gasteiger partial charge in [-0.2, -0.15) is 0 Å². The van der Waals surface area contributed by atoms with Crippen molar-refractivity contribution >= 4 is 27.5 Å². The number of aromatic nitrogens is 2. The molecule has 2 aromatic heterocycles. The lowest BCUT2D eigenvalue weighted by molar-refractivity contribution is -0.122. The van der Waals surface area contributed by atoms with Crippen LogP contribution in [0.1, 0.15) is 31.2 Å². The van der Waals surface area contributed by atoms with Gasteiger partial charge in [0.05, 0.1) is 19.2 Å². The zero-order valence-corrected chi connectivity index (χ0v) is 17.0. The van der Waals surface area contributed by atoms with Gasteiger partial charge in [-0.15, -0.1) is 11.3 Å². The lowest BCUT2D eigenvalue weighted by Gasteiger charge is -2.15. The summed E-state index contributed by atoms with van der Waals surface area (Å²) >= 11 is 1.28. The van der Waals surface area contributed by atoms with Gasteiger partial charge in [0.25, 0.3) is 5.56 Å². The Kier molecular flexibility index (Phi) is 5.53. The van der Waals surface area contributed by atoms with Crippen LogP contribution in [0.15, 0.2) is 45.3 Å². The van der Waals surface area contributed by atoms with Gasteiger partial charge in [-0.3, -0.25) is 18.7 Å². The number of hydrogen-bond donors (Lipinski definition) is 1. The summed E-state index contributed by atoms with van der Waals surface area (Å²) in [6.45, 7) is 0.0468. The normalized spacial score (nSPS) is 14.4. The third-order valence-corrected chi connectivity index (χ3v) is 6.25. The number of fused-ring (bicyclic) bond motifs is 1. The van der Waals surface area contributed by atoms with Crippen LogP contribution in [-0.2, 0) is 17.9 Å². The van der Waals surface area contributed by atoms with Crippen molar-refractivity contribution in [3.8, 4) is 5.75 Å². The van der Waals surface area contributed by atoms with Crippen molar-refractivity contribution in [2.24, 2.45) is 0 Å². The topological polar surface area (TPSA) is 82.3 Å². The van der Waals surface area contributed by atoms with Gasteiger partial charge < -0.3 is 10.1 Å². The van der Waals surface area contributed by atoms with E-state index in [2.05, 4.69) is 5.32 Å². The highest BCUT2D eigenvalue weighted by Gasteiger charge is 2.20. The fourth-order valence-corrected chi connectivity index (χ4v) is 4.67. The fraction of sp³-hybridized carbons (Fsp3) is 0.381. The van der Waals surface area contributed by atoms with Gasteiger partial charge in [0, 0.05) is 6.04 Å². The molecule has 8 heteroatoms. The lowest BCUT2D eigenvalue weighted by atomic mass is 10.2. The van der Waals surface area contributed by atoms with E-state index in [0.717, 1.165) is 31.2 Å². The molecule has 1 aliphatic rings. The highest BCUT2D eigenvalue weighted by molar-refractivity contribution is 7.17. The predicted molar refractivity (Wildman–Crippen MR) is 113 cm³/mol. The van der Waals surface area contributed by atoms with Crippen molar-refractivity contribution in [2.45, 2.75) is 44.8 Å². The van der Waals surface area contributed by atoms with E-state index < -0.39 is 5.69 Å². The molecular formula is C21H23N3O4S. The van der Waals surface area contributed by atoms with E-state index in [1.54, 1.807) is 30.7 Å². The summed E-state index contributed by atoms with van der Waals surface area (Å²) in [6.07, 6.45) is 4.19. The minimum absolute atomic E-state index is 0.0918. The summed E-state index contributed by atoms with van der Waals surface area (Å²) in [5.74, 6) is 0.511.